The van der Waals surface area contributed by atoms with Gasteiger partial charge in [0.1, 0.15) is 5.60 Å². The largest absolute Gasteiger partial charge is 0.456 e. The Morgan fingerprint density at radius 2 is 1.71 bits per heavy atom. The fraction of sp³-hybridized carbons (Fsp3) is 0.320. The number of anilines is 1. The van der Waals surface area contributed by atoms with Gasteiger partial charge in [0.05, 0.1) is 16.6 Å². The number of carbonyl (C=O) groups is 1. The molecule has 0 saturated heterocycles. The summed E-state index contributed by atoms with van der Waals surface area (Å²) in [5.41, 5.74) is 2.77. The minimum Gasteiger partial charge on any atom is -0.456 e. The molecule has 0 spiro atoms. The van der Waals surface area contributed by atoms with Gasteiger partial charge in [-0.05, 0) is 70.0 Å². The summed E-state index contributed by atoms with van der Waals surface area (Å²) in [6.45, 7) is 9.63. The molecule has 4 aromatic rings. The second-order valence-electron chi connectivity index (χ2n) is 9.21. The van der Waals surface area contributed by atoms with E-state index in [2.05, 4.69) is 20.3 Å². The van der Waals surface area contributed by atoms with E-state index in [1.165, 1.54) is 0 Å². The molecule has 2 aromatic heterocycles. The number of aromatic amines is 1. The number of rotatable bonds is 5. The first-order valence-corrected chi connectivity index (χ1v) is 11.0. The topological polar surface area (TPSA) is 119 Å². The SMILES string of the molecule is Cc1cc2nc3[nH]c(=O)n(CCNc4ccccc4C(=O)OC(C)(C)C)c(=O)c3nc2cc1C. The third-order valence-corrected chi connectivity index (χ3v) is 5.39. The van der Waals surface area contributed by atoms with Crippen molar-refractivity contribution in [2.24, 2.45) is 0 Å². The predicted octanol–water partition coefficient (Wildman–Crippen LogP) is 3.32. The van der Waals surface area contributed by atoms with E-state index in [4.69, 9.17) is 4.74 Å². The van der Waals surface area contributed by atoms with Gasteiger partial charge in [0, 0.05) is 18.8 Å². The number of para-hydroxylation sites is 1. The van der Waals surface area contributed by atoms with Crippen LogP contribution in [-0.4, -0.2) is 37.6 Å². The van der Waals surface area contributed by atoms with Crippen molar-refractivity contribution in [3.63, 3.8) is 0 Å². The summed E-state index contributed by atoms with van der Waals surface area (Å²) in [6.07, 6.45) is 0. The maximum absolute atomic E-state index is 13.1. The van der Waals surface area contributed by atoms with Crippen LogP contribution < -0.4 is 16.6 Å². The molecule has 2 N–H and O–H groups in total. The summed E-state index contributed by atoms with van der Waals surface area (Å²) in [4.78, 5) is 49.8. The molecule has 0 radical (unpaired) electrons. The smallest absolute Gasteiger partial charge is 0.340 e. The second kappa shape index (κ2) is 8.74. The summed E-state index contributed by atoms with van der Waals surface area (Å²) in [5, 5.41) is 3.12. The van der Waals surface area contributed by atoms with E-state index in [-0.39, 0.29) is 24.3 Å². The molecule has 0 unspecified atom stereocenters. The van der Waals surface area contributed by atoms with Crippen molar-refractivity contribution < 1.29 is 9.53 Å². The molecule has 0 fully saturated rings. The van der Waals surface area contributed by atoms with Crippen LogP contribution in [0.4, 0.5) is 5.69 Å². The zero-order valence-electron chi connectivity index (χ0n) is 19.9. The summed E-state index contributed by atoms with van der Waals surface area (Å²) in [6, 6.07) is 10.7. The van der Waals surface area contributed by atoms with Gasteiger partial charge in [-0.15, -0.1) is 0 Å². The van der Waals surface area contributed by atoms with Crippen LogP contribution in [0.25, 0.3) is 22.2 Å². The van der Waals surface area contributed by atoms with Crippen molar-refractivity contribution in [3.8, 4) is 0 Å². The molecule has 9 nitrogen and oxygen atoms in total. The van der Waals surface area contributed by atoms with Crippen molar-refractivity contribution in [1.82, 2.24) is 19.5 Å². The van der Waals surface area contributed by atoms with Gasteiger partial charge in [-0.1, -0.05) is 12.1 Å². The number of carbonyl (C=O) groups excluding carboxylic acids is 1. The molecule has 0 saturated carbocycles. The number of esters is 1. The van der Waals surface area contributed by atoms with Crippen molar-refractivity contribution in [1.29, 1.82) is 0 Å². The Morgan fingerprint density at radius 3 is 2.38 bits per heavy atom. The van der Waals surface area contributed by atoms with Gasteiger partial charge in [-0.25, -0.2) is 19.6 Å². The zero-order valence-corrected chi connectivity index (χ0v) is 19.9. The molecule has 0 aliphatic rings. The van der Waals surface area contributed by atoms with E-state index >= 15 is 0 Å². The van der Waals surface area contributed by atoms with Crippen LogP contribution in [0.15, 0.2) is 46.0 Å². The molecular weight excluding hydrogens is 434 g/mol. The zero-order chi connectivity index (χ0) is 24.6. The van der Waals surface area contributed by atoms with Crippen molar-refractivity contribution in [2.75, 3.05) is 11.9 Å². The van der Waals surface area contributed by atoms with Crippen LogP contribution in [0.1, 0.15) is 42.3 Å². The standard InChI is InChI=1S/C25H27N5O4/c1-14-12-18-19(13-15(14)2)28-21-20(27-18)22(31)30(24(33)29-21)11-10-26-17-9-7-6-8-16(17)23(32)34-25(3,4)5/h6-9,12-13,26H,10-11H2,1-5H3,(H,28,29,33). The lowest BCUT2D eigenvalue weighted by molar-refractivity contribution is 0.00706. The number of nitrogens with zero attached hydrogens (tertiary/aromatic N) is 3. The van der Waals surface area contributed by atoms with Crippen LogP contribution >= 0.6 is 0 Å². The predicted molar refractivity (Wildman–Crippen MR) is 131 cm³/mol. The van der Waals surface area contributed by atoms with E-state index in [0.717, 1.165) is 15.7 Å². The molecule has 2 heterocycles. The van der Waals surface area contributed by atoms with Crippen LogP contribution in [0.5, 0.6) is 0 Å². The molecule has 176 valence electrons. The number of H-pyrrole nitrogens is 1. The molecule has 0 aliphatic heterocycles. The first-order valence-electron chi connectivity index (χ1n) is 11.0. The lowest BCUT2D eigenvalue weighted by Crippen LogP contribution is -2.37. The molecule has 2 aromatic carbocycles. The third-order valence-electron chi connectivity index (χ3n) is 5.39. The Balaban J connectivity index is 1.61. The van der Waals surface area contributed by atoms with Gasteiger partial charge in [0.15, 0.2) is 11.2 Å². The minimum absolute atomic E-state index is 0.0689. The number of nitrogens with one attached hydrogen (secondary N) is 2. The minimum atomic E-state index is -0.627. The summed E-state index contributed by atoms with van der Waals surface area (Å²) in [7, 11) is 0. The van der Waals surface area contributed by atoms with E-state index < -0.39 is 22.8 Å². The first kappa shape index (κ1) is 23.2. The highest BCUT2D eigenvalue weighted by Crippen LogP contribution is 2.20. The Bertz CT molecular complexity index is 1530. The number of fused-ring (bicyclic) bond motifs is 2. The molecule has 0 atom stereocenters. The van der Waals surface area contributed by atoms with E-state index in [1.807, 2.05) is 26.0 Å². The summed E-state index contributed by atoms with van der Waals surface area (Å²) < 4.78 is 6.54. The van der Waals surface area contributed by atoms with E-state index in [0.29, 0.717) is 22.3 Å². The lowest BCUT2D eigenvalue weighted by atomic mass is 10.1. The quantitative estimate of drug-likeness (QED) is 0.346. The Hall–Kier alpha value is -4.01. The molecule has 0 aliphatic carbocycles. The summed E-state index contributed by atoms with van der Waals surface area (Å²) >= 11 is 0. The highest BCUT2D eigenvalue weighted by Gasteiger charge is 2.20. The van der Waals surface area contributed by atoms with Crippen LogP contribution in [0.2, 0.25) is 0 Å². The van der Waals surface area contributed by atoms with Crippen molar-refractivity contribution in [3.05, 3.63) is 73.9 Å². The van der Waals surface area contributed by atoms with E-state index in [1.54, 1.807) is 45.0 Å². The third kappa shape index (κ3) is 4.68. The second-order valence-corrected chi connectivity index (χ2v) is 9.21. The fourth-order valence-corrected chi connectivity index (χ4v) is 3.59. The molecule has 0 amide bonds. The van der Waals surface area contributed by atoms with Gasteiger partial charge in [-0.3, -0.25) is 14.3 Å². The lowest BCUT2D eigenvalue weighted by Gasteiger charge is -2.20. The van der Waals surface area contributed by atoms with Gasteiger partial charge >= 0.3 is 11.7 Å². The van der Waals surface area contributed by atoms with Crippen molar-refractivity contribution in [2.45, 2.75) is 46.8 Å². The average Bonchev–Trinajstić information content (AvgIpc) is 2.75. The Kier molecular flexibility index (Phi) is 5.95. The maximum atomic E-state index is 13.1. The van der Waals surface area contributed by atoms with Crippen LogP contribution in [-0.2, 0) is 11.3 Å². The number of hydrogen-bond donors (Lipinski definition) is 2. The molecule has 9 heteroatoms. The average molecular weight is 462 g/mol. The van der Waals surface area contributed by atoms with Gasteiger partial charge < -0.3 is 10.1 Å². The fourth-order valence-electron chi connectivity index (χ4n) is 3.59. The highest BCUT2D eigenvalue weighted by molar-refractivity contribution is 5.95. The molecule has 4 rings (SSSR count). The molecular formula is C25H27N5O4. The van der Waals surface area contributed by atoms with Gasteiger partial charge in [0.2, 0.25) is 0 Å². The van der Waals surface area contributed by atoms with Crippen LogP contribution in [0.3, 0.4) is 0 Å². The first-order chi connectivity index (χ1) is 16.0. The molecule has 34 heavy (non-hydrogen) atoms. The number of aryl methyl sites for hydroxylation is 2. The monoisotopic (exact) mass is 461 g/mol. The van der Waals surface area contributed by atoms with Crippen LogP contribution in [0, 0.1) is 13.8 Å². The number of hydrogen-bond acceptors (Lipinski definition) is 7. The van der Waals surface area contributed by atoms with Crippen molar-refractivity contribution >= 4 is 33.9 Å². The maximum Gasteiger partial charge on any atom is 0.340 e. The van der Waals surface area contributed by atoms with Gasteiger partial charge in [0.25, 0.3) is 5.56 Å². The number of ether oxygens (including phenoxy) is 1. The van der Waals surface area contributed by atoms with Gasteiger partial charge in [-0.2, -0.15) is 0 Å². The number of aromatic nitrogens is 4. The normalized spacial score (nSPS) is 11.7. The highest BCUT2D eigenvalue weighted by atomic mass is 16.6. The Labute approximate surface area is 195 Å². The summed E-state index contributed by atoms with van der Waals surface area (Å²) in [5.74, 6) is -0.455. The Morgan fingerprint density at radius 1 is 1.06 bits per heavy atom. The number of benzene rings is 2. The van der Waals surface area contributed by atoms with E-state index in [9.17, 15) is 14.4 Å². The molecule has 0 bridgehead atoms.